The van der Waals surface area contributed by atoms with Gasteiger partial charge in [0.05, 0.1) is 6.04 Å². The van der Waals surface area contributed by atoms with Gasteiger partial charge in [0.2, 0.25) is 5.91 Å². The normalized spacial score (nSPS) is 15.7. The SMILES string of the molecule is O=C(CCCC[n+]1ccccc1)NCC(c1ccccc1)N1CCCC1. The van der Waals surface area contributed by atoms with Crippen molar-refractivity contribution in [2.45, 2.75) is 44.7 Å². The summed E-state index contributed by atoms with van der Waals surface area (Å²) in [5.41, 5.74) is 1.30. The molecule has 138 valence electrons. The highest BCUT2D eigenvalue weighted by molar-refractivity contribution is 5.75. The van der Waals surface area contributed by atoms with Crippen LogP contribution in [-0.2, 0) is 11.3 Å². The van der Waals surface area contributed by atoms with E-state index >= 15 is 0 Å². The largest absolute Gasteiger partial charge is 0.354 e. The Bertz CT molecular complexity index is 654. The van der Waals surface area contributed by atoms with Crippen molar-refractivity contribution in [1.82, 2.24) is 10.2 Å². The molecule has 3 rings (SSSR count). The number of carbonyl (C=O) groups is 1. The van der Waals surface area contributed by atoms with Gasteiger partial charge in [0.25, 0.3) is 0 Å². The molecule has 0 radical (unpaired) electrons. The Labute approximate surface area is 156 Å². The van der Waals surface area contributed by atoms with E-state index in [1.54, 1.807) is 0 Å². The number of unbranched alkanes of at least 4 members (excludes halogenated alkanes) is 1. The summed E-state index contributed by atoms with van der Waals surface area (Å²) >= 11 is 0. The molecule has 4 heteroatoms. The second-order valence-corrected chi connectivity index (χ2v) is 7.04. The number of likely N-dealkylation sites (tertiary alicyclic amines) is 1. The van der Waals surface area contributed by atoms with Crippen LogP contribution < -0.4 is 9.88 Å². The van der Waals surface area contributed by atoms with Gasteiger partial charge in [-0.3, -0.25) is 9.69 Å². The zero-order valence-corrected chi connectivity index (χ0v) is 15.5. The lowest BCUT2D eigenvalue weighted by atomic mass is 10.1. The van der Waals surface area contributed by atoms with E-state index in [9.17, 15) is 4.79 Å². The molecular formula is C22H30N3O+. The molecule has 1 aromatic carbocycles. The van der Waals surface area contributed by atoms with Crippen LogP contribution in [0.25, 0.3) is 0 Å². The number of pyridine rings is 1. The van der Waals surface area contributed by atoms with Crippen LogP contribution in [0.4, 0.5) is 0 Å². The third-order valence-electron chi connectivity index (χ3n) is 5.11. The van der Waals surface area contributed by atoms with Gasteiger partial charge in [-0.1, -0.05) is 36.4 Å². The van der Waals surface area contributed by atoms with Crippen LogP contribution in [0.5, 0.6) is 0 Å². The van der Waals surface area contributed by atoms with Gasteiger partial charge >= 0.3 is 0 Å². The first-order chi connectivity index (χ1) is 12.8. The summed E-state index contributed by atoms with van der Waals surface area (Å²) in [6.45, 7) is 3.93. The fourth-order valence-corrected chi connectivity index (χ4v) is 3.65. The van der Waals surface area contributed by atoms with Crippen molar-refractivity contribution in [3.05, 3.63) is 66.5 Å². The molecule has 1 unspecified atom stereocenters. The van der Waals surface area contributed by atoms with Gasteiger partial charge in [0.15, 0.2) is 12.4 Å². The number of hydrogen-bond acceptors (Lipinski definition) is 2. The van der Waals surface area contributed by atoms with Gasteiger partial charge in [-0.2, -0.15) is 0 Å². The Hall–Kier alpha value is -2.20. The van der Waals surface area contributed by atoms with Gasteiger partial charge in [-0.15, -0.1) is 0 Å². The van der Waals surface area contributed by atoms with Crippen molar-refractivity contribution in [3.8, 4) is 0 Å². The minimum atomic E-state index is 0.170. The summed E-state index contributed by atoms with van der Waals surface area (Å²) < 4.78 is 2.16. The van der Waals surface area contributed by atoms with Crippen LogP contribution in [0, 0.1) is 0 Å². The van der Waals surface area contributed by atoms with Crippen LogP contribution in [0.2, 0.25) is 0 Å². The summed E-state index contributed by atoms with van der Waals surface area (Å²) in [5.74, 6) is 0.170. The van der Waals surface area contributed by atoms with Gasteiger partial charge in [0.1, 0.15) is 6.54 Å². The number of nitrogens with zero attached hydrogens (tertiary/aromatic N) is 2. The highest BCUT2D eigenvalue weighted by Gasteiger charge is 2.23. The third kappa shape index (κ3) is 5.67. The number of rotatable bonds is 9. The first-order valence-corrected chi connectivity index (χ1v) is 9.83. The maximum Gasteiger partial charge on any atom is 0.220 e. The Kier molecular flexibility index (Phi) is 7.20. The number of amides is 1. The van der Waals surface area contributed by atoms with Crippen molar-refractivity contribution < 1.29 is 9.36 Å². The van der Waals surface area contributed by atoms with E-state index in [0.29, 0.717) is 19.0 Å². The summed E-state index contributed by atoms with van der Waals surface area (Å²) in [7, 11) is 0. The molecule has 1 aliphatic heterocycles. The number of aryl methyl sites for hydroxylation is 1. The van der Waals surface area contributed by atoms with E-state index in [1.165, 1.54) is 18.4 Å². The van der Waals surface area contributed by atoms with Crippen molar-refractivity contribution in [3.63, 3.8) is 0 Å². The van der Waals surface area contributed by atoms with Gasteiger partial charge in [-0.25, -0.2) is 4.57 Å². The van der Waals surface area contributed by atoms with Crippen LogP contribution in [0.15, 0.2) is 60.9 Å². The zero-order chi connectivity index (χ0) is 18.0. The summed E-state index contributed by atoms with van der Waals surface area (Å²) in [6, 6.07) is 17.0. The van der Waals surface area contributed by atoms with E-state index in [1.807, 2.05) is 24.3 Å². The highest BCUT2D eigenvalue weighted by atomic mass is 16.1. The fraction of sp³-hybridized carbons (Fsp3) is 0.455. The van der Waals surface area contributed by atoms with Gasteiger partial charge < -0.3 is 5.32 Å². The van der Waals surface area contributed by atoms with E-state index < -0.39 is 0 Å². The van der Waals surface area contributed by atoms with E-state index in [0.717, 1.165) is 32.5 Å². The van der Waals surface area contributed by atoms with Crippen molar-refractivity contribution in [2.24, 2.45) is 0 Å². The molecule has 1 saturated heterocycles. The van der Waals surface area contributed by atoms with E-state index in [2.05, 4.69) is 51.4 Å². The molecule has 1 aromatic heterocycles. The number of hydrogen-bond donors (Lipinski definition) is 1. The van der Waals surface area contributed by atoms with Gasteiger partial charge in [0, 0.05) is 31.5 Å². The molecule has 2 heterocycles. The predicted octanol–water partition coefficient (Wildman–Crippen LogP) is 3.10. The molecular weight excluding hydrogens is 322 g/mol. The maximum absolute atomic E-state index is 12.3. The second kappa shape index (κ2) is 10.1. The zero-order valence-electron chi connectivity index (χ0n) is 15.5. The van der Waals surface area contributed by atoms with Crippen molar-refractivity contribution in [2.75, 3.05) is 19.6 Å². The molecule has 0 aliphatic carbocycles. The minimum absolute atomic E-state index is 0.170. The Morgan fingerprint density at radius 3 is 2.42 bits per heavy atom. The molecule has 1 fully saturated rings. The Morgan fingerprint density at radius 2 is 1.69 bits per heavy atom. The number of aromatic nitrogens is 1. The number of carbonyl (C=O) groups excluding carboxylic acids is 1. The van der Waals surface area contributed by atoms with Gasteiger partial charge in [-0.05, 0) is 37.9 Å². The third-order valence-corrected chi connectivity index (χ3v) is 5.11. The fourth-order valence-electron chi connectivity index (χ4n) is 3.65. The first kappa shape index (κ1) is 18.6. The maximum atomic E-state index is 12.3. The lowest BCUT2D eigenvalue weighted by Gasteiger charge is -2.28. The average Bonchev–Trinajstić information content (AvgIpc) is 3.22. The summed E-state index contributed by atoms with van der Waals surface area (Å²) in [6.07, 6.45) is 9.21. The molecule has 26 heavy (non-hydrogen) atoms. The molecule has 0 spiro atoms. The molecule has 1 amide bonds. The molecule has 4 nitrogen and oxygen atoms in total. The molecule has 1 N–H and O–H groups in total. The molecule has 1 atom stereocenters. The smallest absolute Gasteiger partial charge is 0.220 e. The van der Waals surface area contributed by atoms with Crippen LogP contribution in [-0.4, -0.2) is 30.4 Å². The Balaban J connectivity index is 1.42. The molecule has 1 aliphatic rings. The minimum Gasteiger partial charge on any atom is -0.354 e. The molecule has 0 bridgehead atoms. The summed E-state index contributed by atoms with van der Waals surface area (Å²) in [4.78, 5) is 14.8. The quantitative estimate of drug-likeness (QED) is 0.556. The number of nitrogens with one attached hydrogen (secondary N) is 1. The lowest BCUT2D eigenvalue weighted by molar-refractivity contribution is -0.697. The molecule has 0 saturated carbocycles. The lowest BCUT2D eigenvalue weighted by Crippen LogP contribution is -2.37. The average molecular weight is 353 g/mol. The van der Waals surface area contributed by atoms with E-state index in [4.69, 9.17) is 0 Å². The number of benzene rings is 1. The predicted molar refractivity (Wildman–Crippen MR) is 103 cm³/mol. The van der Waals surface area contributed by atoms with Crippen LogP contribution in [0.1, 0.15) is 43.7 Å². The van der Waals surface area contributed by atoms with Crippen LogP contribution >= 0.6 is 0 Å². The Morgan fingerprint density at radius 1 is 1.00 bits per heavy atom. The van der Waals surface area contributed by atoms with Crippen molar-refractivity contribution in [1.29, 1.82) is 0 Å². The monoisotopic (exact) mass is 352 g/mol. The first-order valence-electron chi connectivity index (χ1n) is 9.83. The van der Waals surface area contributed by atoms with Crippen molar-refractivity contribution >= 4 is 5.91 Å². The topological polar surface area (TPSA) is 36.2 Å². The highest BCUT2D eigenvalue weighted by Crippen LogP contribution is 2.24. The summed E-state index contributed by atoms with van der Waals surface area (Å²) in [5, 5.41) is 3.17. The second-order valence-electron chi connectivity index (χ2n) is 7.04. The van der Waals surface area contributed by atoms with E-state index in [-0.39, 0.29) is 5.91 Å². The standard InChI is InChI=1S/C22H29N3O/c26-22(13-5-8-16-24-14-6-2-7-15-24)23-19-21(25-17-9-10-18-25)20-11-3-1-4-12-20/h1-4,6-7,11-12,14-15,21H,5,8-10,13,16-19H2/p+1. The van der Waals surface area contributed by atoms with Crippen LogP contribution in [0.3, 0.4) is 0 Å². The molecule has 2 aromatic rings.